The van der Waals surface area contributed by atoms with Crippen molar-refractivity contribution >= 4 is 27.2 Å². The Labute approximate surface area is 187 Å². The summed E-state index contributed by atoms with van der Waals surface area (Å²) in [5, 5.41) is 13.3. The minimum atomic E-state index is -4.95. The molecule has 0 atom stereocenters. The number of aromatic nitrogens is 2. The summed E-state index contributed by atoms with van der Waals surface area (Å²) in [7, 11) is 0.0207. The van der Waals surface area contributed by atoms with Gasteiger partial charge in [-0.15, -0.1) is 0 Å². The van der Waals surface area contributed by atoms with Gasteiger partial charge >= 0.3 is 12.1 Å². The van der Waals surface area contributed by atoms with Crippen LogP contribution >= 0.6 is 0 Å². The van der Waals surface area contributed by atoms with Gasteiger partial charge in [0.1, 0.15) is 24.6 Å². The van der Waals surface area contributed by atoms with E-state index in [-0.39, 0.29) is 22.9 Å². The number of hydrogen-bond donors (Lipinski definition) is 2. The van der Waals surface area contributed by atoms with Crippen LogP contribution in [0.1, 0.15) is 5.89 Å². The monoisotopic (exact) mass is 489 g/mol. The number of benzene rings is 1. The number of nitrogens with zero attached hydrogens (tertiary/aromatic N) is 3. The fourth-order valence-corrected chi connectivity index (χ4v) is 2.96. The summed E-state index contributed by atoms with van der Waals surface area (Å²) in [5.41, 5.74) is -1.91. The van der Waals surface area contributed by atoms with Gasteiger partial charge in [-0.05, 0) is 32.3 Å². The first-order valence-corrected chi connectivity index (χ1v) is 11.2. The van der Waals surface area contributed by atoms with Crippen molar-refractivity contribution in [1.82, 2.24) is 20.4 Å². The highest BCUT2D eigenvalue weighted by molar-refractivity contribution is 7.90. The van der Waals surface area contributed by atoms with Gasteiger partial charge in [0.15, 0.2) is 9.84 Å². The van der Waals surface area contributed by atoms with Gasteiger partial charge < -0.3 is 19.5 Å². The third-order valence-electron chi connectivity index (χ3n) is 4.00. The predicted octanol–water partition coefficient (Wildman–Crippen LogP) is 1.76. The van der Waals surface area contributed by atoms with Crippen molar-refractivity contribution in [2.75, 3.05) is 40.0 Å². The molecule has 0 saturated heterocycles. The second-order valence-electron chi connectivity index (χ2n) is 7.07. The van der Waals surface area contributed by atoms with Crippen LogP contribution in [0.3, 0.4) is 0 Å². The van der Waals surface area contributed by atoms with Crippen molar-refractivity contribution in [3.05, 3.63) is 36.2 Å². The molecule has 0 aliphatic carbocycles. The second kappa shape index (κ2) is 10.6. The minimum absolute atomic E-state index is 0.0143. The van der Waals surface area contributed by atoms with Crippen LogP contribution in [-0.2, 0) is 19.4 Å². The Morgan fingerprint density at radius 1 is 1.33 bits per heavy atom. The highest BCUT2D eigenvalue weighted by Crippen LogP contribution is 2.23. The van der Waals surface area contributed by atoms with Crippen molar-refractivity contribution in [2.24, 2.45) is 0 Å². The summed E-state index contributed by atoms with van der Waals surface area (Å²) in [6.45, 7) is 0.00467. The van der Waals surface area contributed by atoms with E-state index in [1.807, 2.05) is 0 Å². The summed E-state index contributed by atoms with van der Waals surface area (Å²) in [5.74, 6) is -1.29. The fourth-order valence-electron chi connectivity index (χ4n) is 2.29. The van der Waals surface area contributed by atoms with Crippen LogP contribution in [0.4, 0.5) is 13.2 Å². The Balaban J connectivity index is 2.28. The molecule has 1 heterocycles. The number of ether oxygens (including phenoxy) is 1. The number of sulfone groups is 1. The Bertz CT molecular complexity index is 1140. The quantitative estimate of drug-likeness (QED) is 0.378. The number of allylic oxidation sites excluding steroid dienone is 1. The fraction of sp³-hybridized carbons (Fsp3) is 0.368. The van der Waals surface area contributed by atoms with Gasteiger partial charge in [0.05, 0.1) is 4.90 Å². The number of likely N-dealkylation sites (N-methyl/N-ethyl adjacent to an activating group) is 1. The Kier molecular flexibility index (Phi) is 8.33. The van der Waals surface area contributed by atoms with E-state index in [1.54, 1.807) is 19.0 Å². The lowest BCUT2D eigenvalue weighted by atomic mass is 10.2. The molecule has 0 aliphatic rings. The SMILES string of the molecule is CN(C)CCOC(=O)CN/C(=C\C(=N)C(F)(F)F)c1nc(-c2cccc(S(C)(=O)=O)c2)no1. The number of carbonyl (C=O) groups is 1. The molecule has 0 fully saturated rings. The van der Waals surface area contributed by atoms with E-state index < -0.39 is 45.8 Å². The molecule has 33 heavy (non-hydrogen) atoms. The van der Waals surface area contributed by atoms with E-state index in [4.69, 9.17) is 14.7 Å². The van der Waals surface area contributed by atoms with Crippen LogP contribution in [0.2, 0.25) is 0 Å². The predicted molar refractivity (Wildman–Crippen MR) is 112 cm³/mol. The van der Waals surface area contributed by atoms with Crippen molar-refractivity contribution in [3.63, 3.8) is 0 Å². The van der Waals surface area contributed by atoms with Gasteiger partial charge in [0.25, 0.3) is 5.89 Å². The van der Waals surface area contributed by atoms with Crippen LogP contribution in [0.5, 0.6) is 0 Å². The molecule has 0 amide bonds. The van der Waals surface area contributed by atoms with Gasteiger partial charge in [-0.1, -0.05) is 17.3 Å². The third-order valence-corrected chi connectivity index (χ3v) is 5.11. The number of hydrogen-bond acceptors (Lipinski definition) is 10. The van der Waals surface area contributed by atoms with Gasteiger partial charge in [-0.25, -0.2) is 8.42 Å². The summed E-state index contributed by atoms with van der Waals surface area (Å²) >= 11 is 0. The van der Waals surface area contributed by atoms with Gasteiger partial charge in [0.2, 0.25) is 5.82 Å². The molecule has 2 rings (SSSR count). The second-order valence-corrected chi connectivity index (χ2v) is 9.09. The normalized spacial score (nSPS) is 12.6. The molecule has 0 unspecified atom stereocenters. The zero-order valence-electron chi connectivity index (χ0n) is 17.9. The topological polar surface area (TPSA) is 138 Å². The maximum absolute atomic E-state index is 12.9. The molecule has 0 saturated carbocycles. The van der Waals surface area contributed by atoms with Crippen molar-refractivity contribution < 1.29 is 35.6 Å². The molecule has 10 nitrogen and oxygen atoms in total. The van der Waals surface area contributed by atoms with E-state index in [0.717, 1.165) is 6.26 Å². The molecule has 1 aromatic carbocycles. The smallest absolute Gasteiger partial charge is 0.432 e. The molecule has 2 aromatic rings. The molecular weight excluding hydrogens is 467 g/mol. The first-order valence-electron chi connectivity index (χ1n) is 9.33. The Morgan fingerprint density at radius 3 is 2.64 bits per heavy atom. The number of rotatable bonds is 10. The molecule has 0 aliphatic heterocycles. The van der Waals surface area contributed by atoms with Crippen molar-refractivity contribution in [1.29, 1.82) is 5.41 Å². The van der Waals surface area contributed by atoms with E-state index in [1.165, 1.54) is 24.3 Å². The summed E-state index contributed by atoms with van der Waals surface area (Å²) < 4.78 is 72.1. The molecule has 180 valence electrons. The largest absolute Gasteiger partial charge is 0.463 e. The average molecular weight is 489 g/mol. The van der Waals surface area contributed by atoms with Crippen molar-refractivity contribution in [3.8, 4) is 11.4 Å². The lowest BCUT2D eigenvalue weighted by Gasteiger charge is -2.11. The molecule has 0 bridgehead atoms. The van der Waals surface area contributed by atoms with Crippen molar-refractivity contribution in [2.45, 2.75) is 11.1 Å². The number of esters is 1. The first-order chi connectivity index (χ1) is 15.3. The number of halogens is 3. The van der Waals surface area contributed by atoms with Gasteiger partial charge in [0, 0.05) is 18.4 Å². The first kappa shape index (κ1) is 26.0. The minimum Gasteiger partial charge on any atom is -0.463 e. The van der Waals surface area contributed by atoms with E-state index in [0.29, 0.717) is 12.6 Å². The van der Waals surface area contributed by atoms with Gasteiger partial charge in [-0.3, -0.25) is 10.2 Å². The maximum atomic E-state index is 12.9. The summed E-state index contributed by atoms with van der Waals surface area (Å²) in [4.78, 5) is 17.6. The molecule has 2 N–H and O–H groups in total. The number of nitrogens with one attached hydrogen (secondary N) is 2. The lowest BCUT2D eigenvalue weighted by molar-refractivity contribution is -0.142. The third kappa shape index (κ3) is 7.98. The molecule has 0 radical (unpaired) electrons. The van der Waals surface area contributed by atoms with Crippen LogP contribution in [-0.4, -0.2) is 81.4 Å². The van der Waals surface area contributed by atoms with Crippen LogP contribution in [0.25, 0.3) is 17.1 Å². The number of alkyl halides is 3. The molecule has 0 spiro atoms. The van der Waals surface area contributed by atoms with Crippen LogP contribution in [0.15, 0.2) is 39.8 Å². The Hall–Kier alpha value is -3.26. The van der Waals surface area contributed by atoms with E-state index in [9.17, 15) is 26.4 Å². The summed E-state index contributed by atoms with van der Waals surface area (Å²) in [6, 6.07) is 5.57. The highest BCUT2D eigenvalue weighted by atomic mass is 32.2. The molecular formula is C19H22F3N5O5S. The van der Waals surface area contributed by atoms with Crippen LogP contribution in [0, 0.1) is 5.41 Å². The standard InChI is InChI=1S/C19H22F3N5O5S/c1-27(2)7-8-31-16(28)11-24-14(10-15(23)19(20,21)22)18-25-17(26-32-18)12-5-4-6-13(9-12)33(3,29)30/h4-6,9-10,23-24H,7-8,11H2,1-3H3/b14-10-,23-15?. The molecule has 1 aromatic heterocycles. The number of carbonyl (C=O) groups excluding carboxylic acids is 1. The summed E-state index contributed by atoms with van der Waals surface area (Å²) in [6.07, 6.45) is -3.54. The lowest BCUT2D eigenvalue weighted by Crippen LogP contribution is -2.28. The van der Waals surface area contributed by atoms with Gasteiger partial charge in [-0.2, -0.15) is 18.2 Å². The maximum Gasteiger partial charge on any atom is 0.432 e. The zero-order valence-corrected chi connectivity index (χ0v) is 18.7. The van der Waals surface area contributed by atoms with Crippen LogP contribution < -0.4 is 5.32 Å². The molecule has 14 heteroatoms. The highest BCUT2D eigenvalue weighted by Gasteiger charge is 2.33. The van der Waals surface area contributed by atoms with E-state index in [2.05, 4.69) is 15.5 Å². The average Bonchev–Trinajstić information content (AvgIpc) is 3.19. The Morgan fingerprint density at radius 2 is 2.03 bits per heavy atom. The van der Waals surface area contributed by atoms with E-state index >= 15 is 0 Å². The zero-order chi connectivity index (χ0) is 24.8.